The summed E-state index contributed by atoms with van der Waals surface area (Å²) in [6.07, 6.45) is 1.35. The Kier molecular flexibility index (Phi) is 3.55. The van der Waals surface area contributed by atoms with E-state index >= 15 is 0 Å². The summed E-state index contributed by atoms with van der Waals surface area (Å²) in [5.74, 6) is -2.27. The Balaban J connectivity index is 2.91. The van der Waals surface area contributed by atoms with Gasteiger partial charge in [-0.15, -0.1) is 0 Å². The van der Waals surface area contributed by atoms with E-state index in [9.17, 15) is 21.2 Å². The van der Waals surface area contributed by atoms with Crippen molar-refractivity contribution in [2.24, 2.45) is 5.14 Å². The summed E-state index contributed by atoms with van der Waals surface area (Å²) in [4.78, 5) is 6.48. The van der Waals surface area contributed by atoms with E-state index in [1.807, 2.05) is 0 Å². The van der Waals surface area contributed by atoms with Gasteiger partial charge in [0.15, 0.2) is 5.82 Å². The minimum absolute atomic E-state index is 0.627. The van der Waals surface area contributed by atoms with E-state index in [0.29, 0.717) is 12.4 Å². The minimum atomic E-state index is -3.96. The molecule has 0 spiro atoms. The van der Waals surface area contributed by atoms with Gasteiger partial charge in [0, 0.05) is 0 Å². The van der Waals surface area contributed by atoms with Crippen LogP contribution in [0, 0.1) is 5.82 Å². The molecular weight excluding hydrogens is 261 g/mol. The van der Waals surface area contributed by atoms with E-state index in [1.165, 1.54) is 0 Å². The molecule has 7 nitrogen and oxygen atoms in total. The van der Waals surface area contributed by atoms with E-state index in [4.69, 9.17) is 0 Å². The number of hydrogen-bond acceptors (Lipinski definition) is 6. The van der Waals surface area contributed by atoms with Crippen LogP contribution in [0.2, 0.25) is 0 Å². The van der Waals surface area contributed by atoms with Crippen LogP contribution >= 0.6 is 0 Å². The first-order valence-electron chi connectivity index (χ1n) is 3.91. The number of hydrogen-bond donors (Lipinski definition) is 1. The molecule has 0 fully saturated rings. The molecule has 0 saturated carbocycles. The Labute approximate surface area is 91.5 Å². The van der Waals surface area contributed by atoms with Crippen molar-refractivity contribution in [3.8, 4) is 0 Å². The fourth-order valence-corrected chi connectivity index (χ4v) is 3.19. The predicted octanol–water partition coefficient (Wildman–Crippen LogP) is -1.32. The zero-order valence-electron chi connectivity index (χ0n) is 7.87. The van der Waals surface area contributed by atoms with E-state index in [2.05, 4.69) is 15.1 Å². The molecule has 0 saturated heterocycles. The summed E-state index contributed by atoms with van der Waals surface area (Å²) in [7, 11) is -7.84. The van der Waals surface area contributed by atoms with Gasteiger partial charge in [-0.25, -0.2) is 36.3 Å². The molecule has 1 rings (SSSR count). The third-order valence-corrected chi connectivity index (χ3v) is 4.05. The van der Waals surface area contributed by atoms with Gasteiger partial charge in [0.05, 0.1) is 23.9 Å². The van der Waals surface area contributed by atoms with Crippen LogP contribution in [0.4, 0.5) is 4.39 Å². The Hall–Kier alpha value is -1.13. The van der Waals surface area contributed by atoms with Gasteiger partial charge in [-0.1, -0.05) is 0 Å². The smallest absolute Gasteiger partial charge is 0.229 e. The molecule has 0 unspecified atom stereocenters. The first-order chi connectivity index (χ1) is 7.21. The van der Waals surface area contributed by atoms with Gasteiger partial charge >= 0.3 is 0 Å². The fourth-order valence-electron chi connectivity index (χ4n) is 0.778. The third kappa shape index (κ3) is 3.79. The minimum Gasteiger partial charge on any atom is -0.229 e. The molecule has 0 aliphatic heterocycles. The van der Waals surface area contributed by atoms with Crippen molar-refractivity contribution in [1.29, 1.82) is 0 Å². The largest absolute Gasteiger partial charge is 0.247 e. The van der Waals surface area contributed by atoms with Crippen molar-refractivity contribution in [3.63, 3.8) is 0 Å². The highest BCUT2D eigenvalue weighted by molar-refractivity contribution is 7.94. The molecule has 16 heavy (non-hydrogen) atoms. The first kappa shape index (κ1) is 12.9. The van der Waals surface area contributed by atoms with Crippen LogP contribution in [0.15, 0.2) is 17.6 Å². The van der Waals surface area contributed by atoms with Gasteiger partial charge in [0.25, 0.3) is 0 Å². The number of nitrogens with two attached hydrogens (primary N) is 1. The Morgan fingerprint density at radius 2 is 1.62 bits per heavy atom. The van der Waals surface area contributed by atoms with Crippen molar-refractivity contribution >= 4 is 19.9 Å². The molecule has 2 N–H and O–H groups in total. The molecule has 1 heterocycles. The topological polar surface area (TPSA) is 120 Å². The number of halogens is 1. The lowest BCUT2D eigenvalue weighted by atomic mass is 10.7. The summed E-state index contributed by atoms with van der Waals surface area (Å²) < 4.78 is 56.4. The van der Waals surface area contributed by atoms with Gasteiger partial charge in [0.2, 0.25) is 25.0 Å². The quantitative estimate of drug-likeness (QED) is 0.677. The van der Waals surface area contributed by atoms with Crippen molar-refractivity contribution in [2.75, 3.05) is 11.5 Å². The van der Waals surface area contributed by atoms with Crippen molar-refractivity contribution in [1.82, 2.24) is 9.97 Å². The van der Waals surface area contributed by atoms with Crippen molar-refractivity contribution in [2.45, 2.75) is 5.16 Å². The number of aromatic nitrogens is 2. The second-order valence-electron chi connectivity index (χ2n) is 2.87. The zero-order valence-corrected chi connectivity index (χ0v) is 9.50. The molecule has 0 aromatic carbocycles. The second-order valence-corrected chi connectivity index (χ2v) is 6.61. The van der Waals surface area contributed by atoms with Crippen LogP contribution < -0.4 is 5.14 Å². The standard InChI is InChI=1S/C6H8FN3O4S2/c7-5-3-9-6(10-4-5)15(11,12)1-2-16(8,13)14/h3-4H,1-2H2,(H2,8,13,14). The van der Waals surface area contributed by atoms with Crippen LogP contribution in [0.1, 0.15) is 0 Å². The number of nitrogens with zero attached hydrogens (tertiary/aromatic N) is 2. The van der Waals surface area contributed by atoms with Gasteiger partial charge in [-0.3, -0.25) is 0 Å². The first-order valence-corrected chi connectivity index (χ1v) is 7.28. The van der Waals surface area contributed by atoms with Gasteiger partial charge < -0.3 is 0 Å². The molecule has 1 aromatic heterocycles. The highest BCUT2D eigenvalue weighted by Gasteiger charge is 2.20. The lowest BCUT2D eigenvalue weighted by Crippen LogP contribution is -2.24. The maximum atomic E-state index is 12.4. The molecule has 0 atom stereocenters. The number of sulfone groups is 1. The van der Waals surface area contributed by atoms with Gasteiger partial charge in [-0.2, -0.15) is 0 Å². The second kappa shape index (κ2) is 4.39. The highest BCUT2D eigenvalue weighted by Crippen LogP contribution is 2.04. The molecule has 1 aromatic rings. The van der Waals surface area contributed by atoms with Gasteiger partial charge in [0.1, 0.15) is 0 Å². The van der Waals surface area contributed by atoms with E-state index in [1.54, 1.807) is 0 Å². The number of rotatable bonds is 4. The highest BCUT2D eigenvalue weighted by atomic mass is 32.2. The SMILES string of the molecule is NS(=O)(=O)CCS(=O)(=O)c1ncc(F)cn1. The van der Waals surface area contributed by atoms with Crippen LogP contribution in [0.25, 0.3) is 0 Å². The van der Waals surface area contributed by atoms with Crippen molar-refractivity contribution in [3.05, 3.63) is 18.2 Å². The maximum absolute atomic E-state index is 12.4. The summed E-state index contributed by atoms with van der Waals surface area (Å²) in [6, 6.07) is 0. The number of primary sulfonamides is 1. The number of sulfonamides is 1. The van der Waals surface area contributed by atoms with E-state index in [-0.39, 0.29) is 0 Å². The third-order valence-electron chi connectivity index (χ3n) is 1.51. The fraction of sp³-hybridized carbons (Fsp3) is 0.333. The average molecular weight is 269 g/mol. The maximum Gasteiger partial charge on any atom is 0.247 e. The van der Waals surface area contributed by atoms with Crippen LogP contribution in [-0.2, 0) is 19.9 Å². The average Bonchev–Trinajstić information content (AvgIpc) is 2.15. The van der Waals surface area contributed by atoms with Crippen molar-refractivity contribution < 1.29 is 21.2 Å². The van der Waals surface area contributed by atoms with Crippen LogP contribution in [0.5, 0.6) is 0 Å². The molecule has 0 bridgehead atoms. The monoisotopic (exact) mass is 269 g/mol. The summed E-state index contributed by atoms with van der Waals surface area (Å²) >= 11 is 0. The molecule has 90 valence electrons. The van der Waals surface area contributed by atoms with E-state index in [0.717, 1.165) is 0 Å². The molecule has 0 amide bonds. The molecular formula is C6H8FN3O4S2. The lowest BCUT2D eigenvalue weighted by Gasteiger charge is -2.00. The Morgan fingerprint density at radius 3 is 2.06 bits per heavy atom. The normalized spacial score (nSPS) is 12.6. The van der Waals surface area contributed by atoms with E-state index < -0.39 is 42.3 Å². The Morgan fingerprint density at radius 1 is 1.12 bits per heavy atom. The van der Waals surface area contributed by atoms with Crippen LogP contribution in [-0.4, -0.2) is 38.3 Å². The molecule has 0 aliphatic rings. The summed E-state index contributed by atoms with van der Waals surface area (Å²) in [6.45, 7) is 0. The Bertz CT molecular complexity index is 566. The van der Waals surface area contributed by atoms with Gasteiger partial charge in [-0.05, 0) is 0 Å². The lowest BCUT2D eigenvalue weighted by molar-refractivity contribution is 0.574. The molecule has 10 heteroatoms. The summed E-state index contributed by atoms with van der Waals surface area (Å²) in [5, 5.41) is 4.02. The molecule has 0 radical (unpaired) electrons. The summed E-state index contributed by atoms with van der Waals surface area (Å²) in [5.41, 5.74) is 0. The van der Waals surface area contributed by atoms with Crippen LogP contribution in [0.3, 0.4) is 0 Å². The zero-order chi connectivity index (χ0) is 12.4. The predicted molar refractivity (Wildman–Crippen MR) is 52.0 cm³/mol. The molecule has 0 aliphatic carbocycles.